The van der Waals surface area contributed by atoms with Gasteiger partial charge in [0.2, 0.25) is 11.8 Å². The molecule has 3 amide bonds. The van der Waals surface area contributed by atoms with Crippen molar-refractivity contribution in [2.75, 3.05) is 19.0 Å². The molecule has 1 unspecified atom stereocenters. The molecule has 0 spiro atoms. The number of likely N-dealkylation sites (N-methyl/N-ethyl adjacent to an activating group) is 1. The summed E-state index contributed by atoms with van der Waals surface area (Å²) < 4.78 is 5.36. The zero-order chi connectivity index (χ0) is 19.6. The maximum Gasteiger partial charge on any atom is 0.253 e. The van der Waals surface area contributed by atoms with E-state index >= 15 is 0 Å². The average molecular weight is 390 g/mol. The van der Waals surface area contributed by atoms with Crippen LogP contribution in [0.2, 0.25) is 0 Å². The van der Waals surface area contributed by atoms with Crippen LogP contribution in [0.4, 0.5) is 5.69 Å². The fourth-order valence-corrected chi connectivity index (χ4v) is 3.03. The van der Waals surface area contributed by atoms with Gasteiger partial charge in [0.25, 0.3) is 5.91 Å². The first-order valence-corrected chi connectivity index (χ1v) is 9.25. The monoisotopic (exact) mass is 390 g/mol. The molecule has 1 aromatic rings. The zero-order valence-electron chi connectivity index (χ0n) is 15.2. The number of benzene rings is 1. The lowest BCUT2D eigenvalue weighted by molar-refractivity contribution is -0.132. The summed E-state index contributed by atoms with van der Waals surface area (Å²) in [6.07, 6.45) is 1.54. The van der Waals surface area contributed by atoms with Gasteiger partial charge in [0.05, 0.1) is 13.0 Å². The lowest BCUT2D eigenvalue weighted by Crippen LogP contribution is -2.50. The normalized spacial score (nSPS) is 19.3. The number of nitrogens with one attached hydrogen (secondary N) is 2. The number of hydrazine groups is 1. The van der Waals surface area contributed by atoms with E-state index in [9.17, 15) is 14.4 Å². The molecular weight excluding hydrogens is 368 g/mol. The van der Waals surface area contributed by atoms with Crippen LogP contribution < -0.4 is 15.5 Å². The Kier molecular flexibility index (Phi) is 5.59. The minimum absolute atomic E-state index is 0.0351. The first kappa shape index (κ1) is 19.1. The smallest absolute Gasteiger partial charge is 0.253 e. The highest BCUT2D eigenvalue weighted by Crippen LogP contribution is 2.29. The van der Waals surface area contributed by atoms with Crippen molar-refractivity contribution in [2.45, 2.75) is 32.2 Å². The lowest BCUT2D eigenvalue weighted by Gasteiger charge is -2.24. The van der Waals surface area contributed by atoms with Gasteiger partial charge in [0.1, 0.15) is 11.8 Å². The third kappa shape index (κ3) is 4.36. The number of rotatable bonds is 7. The molecule has 2 fully saturated rings. The summed E-state index contributed by atoms with van der Waals surface area (Å²) in [6, 6.07) is 6.11. The van der Waals surface area contributed by atoms with Crippen molar-refractivity contribution < 1.29 is 19.1 Å². The summed E-state index contributed by atoms with van der Waals surface area (Å²) in [4.78, 5) is 38.2. The maximum atomic E-state index is 12.4. The van der Waals surface area contributed by atoms with Crippen molar-refractivity contribution in [3.8, 4) is 5.75 Å². The molecule has 144 valence electrons. The Balaban J connectivity index is 1.63. The van der Waals surface area contributed by atoms with Gasteiger partial charge in [0.15, 0.2) is 5.11 Å². The highest BCUT2D eigenvalue weighted by Gasteiger charge is 2.44. The number of thiocarbonyl (C=S) groups is 1. The van der Waals surface area contributed by atoms with Crippen LogP contribution in [0.3, 0.4) is 0 Å². The highest BCUT2D eigenvalue weighted by molar-refractivity contribution is 7.80. The molecule has 1 aliphatic heterocycles. The van der Waals surface area contributed by atoms with Crippen LogP contribution in [-0.4, -0.2) is 52.4 Å². The molecule has 1 atom stereocenters. The van der Waals surface area contributed by atoms with Crippen LogP contribution in [-0.2, 0) is 14.4 Å². The molecule has 1 heterocycles. The third-order valence-corrected chi connectivity index (χ3v) is 4.90. The Bertz CT molecular complexity index is 763. The Hall–Kier alpha value is -2.68. The van der Waals surface area contributed by atoms with Crippen LogP contribution in [0, 0.1) is 5.92 Å². The molecule has 8 nitrogen and oxygen atoms in total. The van der Waals surface area contributed by atoms with Gasteiger partial charge in [0, 0.05) is 18.7 Å². The second-order valence-corrected chi connectivity index (χ2v) is 6.89. The Labute approximate surface area is 162 Å². The van der Waals surface area contributed by atoms with Gasteiger partial charge >= 0.3 is 0 Å². The van der Waals surface area contributed by atoms with E-state index in [4.69, 9.17) is 17.0 Å². The molecular formula is C18H22N4O4S. The summed E-state index contributed by atoms with van der Waals surface area (Å²) in [5.41, 5.74) is 3.28. The van der Waals surface area contributed by atoms with E-state index in [1.165, 1.54) is 17.0 Å². The Morgan fingerprint density at radius 3 is 2.52 bits per heavy atom. The number of carbonyl (C=O) groups excluding carboxylic acids is 3. The summed E-state index contributed by atoms with van der Waals surface area (Å²) >= 11 is 5.24. The van der Waals surface area contributed by atoms with Gasteiger partial charge < -0.3 is 10.1 Å². The number of amides is 3. The van der Waals surface area contributed by atoms with Gasteiger partial charge in [-0.15, -0.1) is 0 Å². The van der Waals surface area contributed by atoms with Crippen molar-refractivity contribution in [3.05, 3.63) is 24.3 Å². The Morgan fingerprint density at radius 1 is 1.26 bits per heavy atom. The topological polar surface area (TPSA) is 91.0 Å². The molecule has 1 aliphatic carbocycles. The summed E-state index contributed by atoms with van der Waals surface area (Å²) in [7, 11) is 1.53. The number of anilines is 1. The molecule has 2 aliphatic rings. The summed E-state index contributed by atoms with van der Waals surface area (Å²) in [5, 5.41) is 4.27. The molecule has 0 aromatic heterocycles. The van der Waals surface area contributed by atoms with Crippen molar-refractivity contribution >= 4 is 40.7 Å². The first-order chi connectivity index (χ1) is 12.9. The van der Waals surface area contributed by atoms with Crippen LogP contribution in [0.5, 0.6) is 5.75 Å². The SMILES string of the molecule is CCOc1ccc(NC(=O)CC2C(=O)N(C)C(=S)N2NC(=O)C2CC2)cc1. The highest BCUT2D eigenvalue weighted by atomic mass is 32.1. The fraction of sp³-hybridized carbons (Fsp3) is 0.444. The number of ether oxygens (including phenoxy) is 1. The van der Waals surface area contributed by atoms with Gasteiger partial charge in [-0.1, -0.05) is 0 Å². The number of carbonyl (C=O) groups is 3. The van der Waals surface area contributed by atoms with E-state index in [0.717, 1.165) is 12.8 Å². The number of nitrogens with zero attached hydrogens (tertiary/aromatic N) is 2. The van der Waals surface area contributed by atoms with Crippen molar-refractivity contribution in [1.29, 1.82) is 0 Å². The van der Waals surface area contributed by atoms with E-state index < -0.39 is 6.04 Å². The third-order valence-electron chi connectivity index (χ3n) is 4.43. The van der Waals surface area contributed by atoms with Gasteiger partial charge in [-0.05, 0) is 56.2 Å². The van der Waals surface area contributed by atoms with Crippen molar-refractivity contribution in [1.82, 2.24) is 15.3 Å². The van der Waals surface area contributed by atoms with Crippen LogP contribution in [0.15, 0.2) is 24.3 Å². The summed E-state index contributed by atoms with van der Waals surface area (Å²) in [6.45, 7) is 2.45. The maximum absolute atomic E-state index is 12.4. The fourth-order valence-electron chi connectivity index (χ4n) is 2.77. The molecule has 1 aromatic carbocycles. The molecule has 1 saturated heterocycles. The first-order valence-electron chi connectivity index (χ1n) is 8.84. The molecule has 0 radical (unpaired) electrons. The molecule has 3 rings (SSSR count). The van der Waals surface area contributed by atoms with Gasteiger partial charge in [-0.2, -0.15) is 0 Å². The molecule has 0 bridgehead atoms. The quantitative estimate of drug-likeness (QED) is 0.682. The van der Waals surface area contributed by atoms with Gasteiger partial charge in [-0.25, -0.2) is 5.01 Å². The van der Waals surface area contributed by atoms with Crippen LogP contribution in [0.25, 0.3) is 0 Å². The second-order valence-electron chi connectivity index (χ2n) is 6.53. The minimum Gasteiger partial charge on any atom is -0.494 e. The molecule has 9 heteroatoms. The van der Waals surface area contributed by atoms with Crippen molar-refractivity contribution in [2.24, 2.45) is 5.92 Å². The van der Waals surface area contributed by atoms with E-state index in [-0.39, 0.29) is 35.2 Å². The van der Waals surface area contributed by atoms with E-state index in [2.05, 4.69) is 10.7 Å². The minimum atomic E-state index is -0.854. The summed E-state index contributed by atoms with van der Waals surface area (Å²) in [5.74, 6) is -0.161. The molecule has 27 heavy (non-hydrogen) atoms. The zero-order valence-corrected chi connectivity index (χ0v) is 16.0. The van der Waals surface area contributed by atoms with Crippen LogP contribution in [0.1, 0.15) is 26.2 Å². The Morgan fingerprint density at radius 2 is 1.93 bits per heavy atom. The predicted molar refractivity (Wildman–Crippen MR) is 103 cm³/mol. The number of hydrogen-bond donors (Lipinski definition) is 2. The van der Waals surface area contributed by atoms with E-state index in [1.807, 2.05) is 6.92 Å². The molecule has 1 saturated carbocycles. The largest absolute Gasteiger partial charge is 0.494 e. The predicted octanol–water partition coefficient (Wildman–Crippen LogP) is 1.28. The second kappa shape index (κ2) is 7.91. The van der Waals surface area contributed by atoms with Crippen molar-refractivity contribution in [3.63, 3.8) is 0 Å². The van der Waals surface area contributed by atoms with Crippen LogP contribution >= 0.6 is 12.2 Å². The standard InChI is InChI=1S/C18H22N4O4S/c1-3-26-13-8-6-12(7-9-13)19-15(23)10-14-17(25)21(2)18(27)22(14)20-16(24)11-4-5-11/h6-9,11,14H,3-5,10H2,1-2H3,(H,19,23)(H,20,24). The van der Waals surface area contributed by atoms with E-state index in [1.54, 1.807) is 24.3 Å². The molecule has 2 N–H and O–H groups in total. The average Bonchev–Trinajstić information content (AvgIpc) is 3.47. The van der Waals surface area contributed by atoms with E-state index in [0.29, 0.717) is 18.0 Å². The van der Waals surface area contributed by atoms with Gasteiger partial charge in [-0.3, -0.25) is 24.7 Å². The lowest BCUT2D eigenvalue weighted by atomic mass is 10.2. The number of hydrogen-bond acceptors (Lipinski definition) is 5.